The van der Waals surface area contributed by atoms with Crippen molar-refractivity contribution in [2.24, 2.45) is 5.11 Å². The van der Waals surface area contributed by atoms with Crippen molar-refractivity contribution in [3.05, 3.63) is 38.4 Å². The molecule has 0 unspecified atom stereocenters. The standard InChI is InChI=1S/C6HBrF3N3/c7-4-5(9)2(8)1-3(6(4)10)12-13-11/h1H. The third-order valence-electron chi connectivity index (χ3n) is 1.24. The van der Waals surface area contributed by atoms with Crippen molar-refractivity contribution >= 4 is 21.6 Å². The summed E-state index contributed by atoms with van der Waals surface area (Å²) in [6, 6.07) is 0.481. The fourth-order valence-electron chi connectivity index (χ4n) is 0.681. The Labute approximate surface area is 78.9 Å². The van der Waals surface area contributed by atoms with Crippen molar-refractivity contribution in [2.45, 2.75) is 0 Å². The first kappa shape index (κ1) is 9.88. The van der Waals surface area contributed by atoms with E-state index in [1.54, 1.807) is 0 Å². The lowest BCUT2D eigenvalue weighted by Crippen LogP contribution is -1.89. The Morgan fingerprint density at radius 2 is 1.92 bits per heavy atom. The zero-order valence-electron chi connectivity index (χ0n) is 5.93. The van der Waals surface area contributed by atoms with Crippen LogP contribution in [0.15, 0.2) is 15.7 Å². The highest BCUT2D eigenvalue weighted by atomic mass is 79.9. The molecular formula is C6HBrF3N3. The number of hydrogen-bond acceptors (Lipinski definition) is 1. The number of hydrogen-bond donors (Lipinski definition) is 0. The number of azide groups is 1. The predicted molar refractivity (Wildman–Crippen MR) is 42.8 cm³/mol. The van der Waals surface area contributed by atoms with Gasteiger partial charge in [-0.1, -0.05) is 5.11 Å². The molecule has 0 aliphatic heterocycles. The van der Waals surface area contributed by atoms with Gasteiger partial charge in [-0.3, -0.25) is 0 Å². The fourth-order valence-corrected chi connectivity index (χ4v) is 1.07. The minimum atomic E-state index is -1.35. The van der Waals surface area contributed by atoms with Gasteiger partial charge in [0.25, 0.3) is 0 Å². The van der Waals surface area contributed by atoms with Crippen LogP contribution >= 0.6 is 15.9 Å². The highest BCUT2D eigenvalue weighted by Crippen LogP contribution is 2.29. The Balaban J connectivity index is 3.49. The largest absolute Gasteiger partial charge is 0.205 e. The quantitative estimate of drug-likeness (QED) is 0.240. The maximum absolute atomic E-state index is 12.9. The van der Waals surface area contributed by atoms with E-state index in [1.807, 2.05) is 0 Å². The summed E-state index contributed by atoms with van der Waals surface area (Å²) in [5.41, 5.74) is 7.37. The zero-order valence-corrected chi connectivity index (χ0v) is 7.52. The van der Waals surface area contributed by atoms with Gasteiger partial charge in [-0.25, -0.2) is 13.2 Å². The average molecular weight is 252 g/mol. The van der Waals surface area contributed by atoms with Gasteiger partial charge in [-0.15, -0.1) is 0 Å². The van der Waals surface area contributed by atoms with Crippen LogP contribution in [0.4, 0.5) is 18.9 Å². The molecule has 1 rings (SSSR count). The fraction of sp³-hybridized carbons (Fsp3) is 0. The second-order valence-corrected chi connectivity index (χ2v) is 2.80. The Kier molecular flexibility index (Phi) is 2.79. The van der Waals surface area contributed by atoms with Crippen LogP contribution in [0.25, 0.3) is 10.4 Å². The lowest BCUT2D eigenvalue weighted by Gasteiger charge is -2.00. The van der Waals surface area contributed by atoms with E-state index in [1.165, 1.54) is 0 Å². The van der Waals surface area contributed by atoms with Crippen LogP contribution in [0.1, 0.15) is 0 Å². The second kappa shape index (κ2) is 3.67. The number of benzene rings is 1. The Hall–Kier alpha value is -1.20. The molecule has 0 aromatic heterocycles. The Morgan fingerprint density at radius 1 is 1.31 bits per heavy atom. The van der Waals surface area contributed by atoms with Crippen molar-refractivity contribution in [1.29, 1.82) is 0 Å². The molecule has 0 fully saturated rings. The molecule has 68 valence electrons. The summed E-state index contributed by atoms with van der Waals surface area (Å²) in [7, 11) is 0. The number of rotatable bonds is 1. The first-order chi connectivity index (χ1) is 6.07. The molecule has 0 heterocycles. The van der Waals surface area contributed by atoms with Crippen LogP contribution < -0.4 is 0 Å². The van der Waals surface area contributed by atoms with Crippen molar-refractivity contribution in [2.75, 3.05) is 0 Å². The maximum Gasteiger partial charge on any atom is 0.175 e. The molecule has 0 amide bonds. The molecule has 1 aromatic carbocycles. The van der Waals surface area contributed by atoms with Gasteiger partial charge in [0.15, 0.2) is 11.6 Å². The molecule has 0 aliphatic carbocycles. The van der Waals surface area contributed by atoms with Gasteiger partial charge in [0.1, 0.15) is 5.82 Å². The summed E-state index contributed by atoms with van der Waals surface area (Å²) in [4.78, 5) is 2.25. The van der Waals surface area contributed by atoms with Gasteiger partial charge in [-0.05, 0) is 27.5 Å². The summed E-state index contributed by atoms with van der Waals surface area (Å²) in [6.07, 6.45) is 0. The first-order valence-corrected chi connectivity index (χ1v) is 3.75. The van der Waals surface area contributed by atoms with Crippen LogP contribution in [0.2, 0.25) is 0 Å². The normalized spacial score (nSPS) is 9.54. The molecule has 7 heteroatoms. The van der Waals surface area contributed by atoms with Crippen LogP contribution in [-0.2, 0) is 0 Å². The van der Waals surface area contributed by atoms with Gasteiger partial charge in [0.2, 0.25) is 0 Å². The van der Waals surface area contributed by atoms with E-state index in [4.69, 9.17) is 5.53 Å². The van der Waals surface area contributed by atoms with Crippen LogP contribution in [-0.4, -0.2) is 0 Å². The Morgan fingerprint density at radius 3 is 2.46 bits per heavy atom. The van der Waals surface area contributed by atoms with Crippen molar-refractivity contribution in [3.8, 4) is 0 Å². The molecule has 1 aromatic rings. The van der Waals surface area contributed by atoms with Gasteiger partial charge in [0.05, 0.1) is 10.2 Å². The van der Waals surface area contributed by atoms with E-state index in [9.17, 15) is 13.2 Å². The third-order valence-corrected chi connectivity index (χ3v) is 1.93. The topological polar surface area (TPSA) is 48.8 Å². The van der Waals surface area contributed by atoms with Gasteiger partial charge < -0.3 is 0 Å². The molecule has 0 N–H and O–H groups in total. The summed E-state index contributed by atoms with van der Waals surface area (Å²) < 4.78 is 37.4. The van der Waals surface area contributed by atoms with Crippen molar-refractivity contribution in [3.63, 3.8) is 0 Å². The average Bonchev–Trinajstić information content (AvgIpc) is 2.11. The molecule has 0 aliphatic rings. The molecular weight excluding hydrogens is 251 g/mol. The SMILES string of the molecule is [N-]=[N+]=Nc1cc(F)c(F)c(Br)c1F. The maximum atomic E-state index is 12.9. The summed E-state index contributed by atoms with van der Waals surface area (Å²) >= 11 is 2.48. The zero-order chi connectivity index (χ0) is 10.0. The van der Waals surface area contributed by atoms with E-state index in [0.29, 0.717) is 6.07 Å². The number of nitrogens with zero attached hydrogens (tertiary/aromatic N) is 3. The van der Waals surface area contributed by atoms with Crippen LogP contribution in [0.5, 0.6) is 0 Å². The van der Waals surface area contributed by atoms with E-state index in [2.05, 4.69) is 26.0 Å². The lowest BCUT2D eigenvalue weighted by molar-refractivity contribution is 0.489. The van der Waals surface area contributed by atoms with Gasteiger partial charge in [-0.2, -0.15) is 0 Å². The predicted octanol–water partition coefficient (Wildman–Crippen LogP) is 3.81. The highest BCUT2D eigenvalue weighted by Gasteiger charge is 2.15. The monoisotopic (exact) mass is 251 g/mol. The Bertz CT molecular complexity index is 401. The van der Waals surface area contributed by atoms with E-state index in [-0.39, 0.29) is 0 Å². The second-order valence-electron chi connectivity index (χ2n) is 2.01. The summed E-state index contributed by atoms with van der Waals surface area (Å²) in [5, 5.41) is 2.84. The third kappa shape index (κ3) is 1.76. The highest BCUT2D eigenvalue weighted by molar-refractivity contribution is 9.10. The van der Waals surface area contributed by atoms with Gasteiger partial charge >= 0.3 is 0 Å². The molecule has 0 saturated carbocycles. The van der Waals surface area contributed by atoms with E-state index in [0.717, 1.165) is 0 Å². The molecule has 13 heavy (non-hydrogen) atoms. The molecule has 0 atom stereocenters. The van der Waals surface area contributed by atoms with Crippen LogP contribution in [0.3, 0.4) is 0 Å². The van der Waals surface area contributed by atoms with E-state index >= 15 is 0 Å². The summed E-state index contributed by atoms with van der Waals surface area (Å²) in [6.45, 7) is 0. The molecule has 0 saturated heterocycles. The van der Waals surface area contributed by atoms with Gasteiger partial charge in [0, 0.05) is 4.91 Å². The molecule has 0 bridgehead atoms. The molecule has 3 nitrogen and oxygen atoms in total. The first-order valence-electron chi connectivity index (χ1n) is 2.96. The van der Waals surface area contributed by atoms with Crippen LogP contribution in [0, 0.1) is 17.5 Å². The number of halogens is 4. The minimum Gasteiger partial charge on any atom is -0.205 e. The van der Waals surface area contributed by atoms with Crippen molar-refractivity contribution in [1.82, 2.24) is 0 Å². The molecule has 0 spiro atoms. The minimum absolute atomic E-state index is 0.481. The smallest absolute Gasteiger partial charge is 0.175 e. The molecule has 0 radical (unpaired) electrons. The summed E-state index contributed by atoms with van der Waals surface area (Å²) in [5.74, 6) is -3.76. The lowest BCUT2D eigenvalue weighted by atomic mass is 10.3. The van der Waals surface area contributed by atoms with Crippen molar-refractivity contribution < 1.29 is 13.2 Å². The van der Waals surface area contributed by atoms with E-state index < -0.39 is 27.6 Å².